The van der Waals surface area contributed by atoms with Crippen molar-refractivity contribution in [2.24, 2.45) is 0 Å². The second-order valence-electron chi connectivity index (χ2n) is 5.91. The highest BCUT2D eigenvalue weighted by Crippen LogP contribution is 2.32. The molecule has 1 aliphatic rings. The summed E-state index contributed by atoms with van der Waals surface area (Å²) in [4.78, 5) is 16.5. The van der Waals surface area contributed by atoms with Crippen LogP contribution in [0.4, 0.5) is 15.9 Å². The zero-order valence-corrected chi connectivity index (χ0v) is 14.2. The number of hydrogen-bond acceptors (Lipinski definition) is 5. The third-order valence-corrected chi connectivity index (χ3v) is 4.05. The molecule has 0 saturated carbocycles. The predicted molar refractivity (Wildman–Crippen MR) is 97.7 cm³/mol. The molecule has 2 N–H and O–H groups in total. The van der Waals surface area contributed by atoms with Gasteiger partial charge in [-0.05, 0) is 42.0 Å². The van der Waals surface area contributed by atoms with Crippen molar-refractivity contribution in [1.82, 2.24) is 10.3 Å². The Morgan fingerprint density at radius 3 is 2.74 bits per heavy atom. The molecule has 2 heterocycles. The van der Waals surface area contributed by atoms with Crippen molar-refractivity contribution in [2.75, 3.05) is 12.1 Å². The molecule has 3 aromatic rings. The highest BCUT2D eigenvalue weighted by molar-refractivity contribution is 5.94. The number of fused-ring (bicyclic) bond motifs is 1. The zero-order valence-electron chi connectivity index (χ0n) is 14.2. The SMILES string of the molecule is O=C(NCc1ccc2c(c1)OCO2)c1ccc(Nc2ccccc2F)nc1. The molecular weight excluding hydrogens is 349 g/mol. The van der Waals surface area contributed by atoms with E-state index in [-0.39, 0.29) is 18.5 Å². The number of aromatic nitrogens is 1. The summed E-state index contributed by atoms with van der Waals surface area (Å²) in [6, 6.07) is 15.1. The Bertz CT molecular complexity index is 976. The summed E-state index contributed by atoms with van der Waals surface area (Å²) in [6.45, 7) is 0.564. The van der Waals surface area contributed by atoms with E-state index >= 15 is 0 Å². The van der Waals surface area contributed by atoms with Crippen LogP contribution in [0.1, 0.15) is 15.9 Å². The Balaban J connectivity index is 1.37. The monoisotopic (exact) mass is 365 g/mol. The van der Waals surface area contributed by atoms with E-state index in [0.29, 0.717) is 35.1 Å². The van der Waals surface area contributed by atoms with E-state index in [0.717, 1.165) is 5.56 Å². The van der Waals surface area contributed by atoms with Crippen molar-refractivity contribution in [3.05, 3.63) is 77.7 Å². The van der Waals surface area contributed by atoms with E-state index in [2.05, 4.69) is 15.6 Å². The first kappa shape index (κ1) is 16.8. The van der Waals surface area contributed by atoms with Crippen LogP contribution in [0.5, 0.6) is 11.5 Å². The van der Waals surface area contributed by atoms with Crippen molar-refractivity contribution in [1.29, 1.82) is 0 Å². The Hall–Kier alpha value is -3.61. The maximum atomic E-state index is 13.7. The van der Waals surface area contributed by atoms with E-state index in [1.807, 2.05) is 18.2 Å². The molecule has 0 fully saturated rings. The number of benzene rings is 2. The lowest BCUT2D eigenvalue weighted by Gasteiger charge is -2.08. The second-order valence-corrected chi connectivity index (χ2v) is 5.91. The van der Waals surface area contributed by atoms with Gasteiger partial charge in [-0.15, -0.1) is 0 Å². The largest absolute Gasteiger partial charge is 0.454 e. The number of carbonyl (C=O) groups excluding carboxylic acids is 1. The maximum absolute atomic E-state index is 13.7. The van der Waals surface area contributed by atoms with Gasteiger partial charge in [0.1, 0.15) is 11.6 Å². The molecule has 6 nitrogen and oxygen atoms in total. The highest BCUT2D eigenvalue weighted by atomic mass is 19.1. The molecule has 0 saturated heterocycles. The quantitative estimate of drug-likeness (QED) is 0.722. The molecule has 0 spiro atoms. The number of halogens is 1. The number of anilines is 2. The standard InChI is InChI=1S/C20H16FN3O3/c21-15-3-1-2-4-16(15)24-19-8-6-14(11-22-19)20(25)23-10-13-5-7-17-18(9-13)27-12-26-17/h1-9,11H,10,12H2,(H,22,24)(H,23,25). The van der Waals surface area contributed by atoms with Crippen LogP contribution in [0.15, 0.2) is 60.8 Å². The van der Waals surface area contributed by atoms with E-state index in [4.69, 9.17) is 9.47 Å². The number of carbonyl (C=O) groups is 1. The number of amides is 1. The zero-order chi connectivity index (χ0) is 18.6. The topological polar surface area (TPSA) is 72.5 Å². The maximum Gasteiger partial charge on any atom is 0.253 e. The molecule has 7 heteroatoms. The number of nitrogens with zero attached hydrogens (tertiary/aromatic N) is 1. The van der Waals surface area contributed by atoms with Gasteiger partial charge in [-0.3, -0.25) is 4.79 Å². The van der Waals surface area contributed by atoms with Crippen LogP contribution < -0.4 is 20.1 Å². The number of nitrogens with one attached hydrogen (secondary N) is 2. The van der Waals surface area contributed by atoms with E-state index < -0.39 is 0 Å². The Kier molecular flexibility index (Phi) is 4.57. The third kappa shape index (κ3) is 3.82. The number of pyridine rings is 1. The fraction of sp³-hybridized carbons (Fsp3) is 0.100. The third-order valence-electron chi connectivity index (χ3n) is 4.05. The van der Waals surface area contributed by atoms with E-state index in [9.17, 15) is 9.18 Å². The summed E-state index contributed by atoms with van der Waals surface area (Å²) < 4.78 is 24.2. The van der Waals surface area contributed by atoms with Gasteiger partial charge in [-0.1, -0.05) is 18.2 Å². The fourth-order valence-corrected chi connectivity index (χ4v) is 2.64. The molecule has 0 radical (unpaired) electrons. The summed E-state index contributed by atoms with van der Waals surface area (Å²) >= 11 is 0. The van der Waals surface area contributed by atoms with Crippen LogP contribution in [0.2, 0.25) is 0 Å². The summed E-state index contributed by atoms with van der Waals surface area (Å²) in [7, 11) is 0. The van der Waals surface area contributed by atoms with E-state index in [1.54, 1.807) is 30.3 Å². The molecule has 4 rings (SSSR count). The number of para-hydroxylation sites is 1. The molecule has 2 aromatic carbocycles. The average Bonchev–Trinajstić information content (AvgIpc) is 3.16. The van der Waals surface area contributed by atoms with Crippen molar-refractivity contribution in [3.8, 4) is 11.5 Å². The molecule has 0 aliphatic carbocycles. The van der Waals surface area contributed by atoms with Crippen molar-refractivity contribution in [3.63, 3.8) is 0 Å². The van der Waals surface area contributed by atoms with Gasteiger partial charge < -0.3 is 20.1 Å². The minimum absolute atomic E-state index is 0.212. The van der Waals surface area contributed by atoms with Gasteiger partial charge in [0.25, 0.3) is 5.91 Å². The van der Waals surface area contributed by atoms with Crippen molar-refractivity contribution < 1.29 is 18.7 Å². The van der Waals surface area contributed by atoms with Crippen LogP contribution in [0, 0.1) is 5.82 Å². The van der Waals surface area contributed by atoms with Crippen LogP contribution in [0.25, 0.3) is 0 Å². The Morgan fingerprint density at radius 2 is 1.93 bits per heavy atom. The van der Waals surface area contributed by atoms with Gasteiger partial charge in [-0.2, -0.15) is 0 Å². The minimum atomic E-state index is -0.371. The van der Waals surface area contributed by atoms with Gasteiger partial charge in [0.05, 0.1) is 11.3 Å². The smallest absolute Gasteiger partial charge is 0.253 e. The lowest BCUT2D eigenvalue weighted by molar-refractivity contribution is 0.0950. The molecule has 27 heavy (non-hydrogen) atoms. The molecule has 0 bridgehead atoms. The number of rotatable bonds is 5. The normalized spacial score (nSPS) is 11.9. The second kappa shape index (κ2) is 7.33. The van der Waals surface area contributed by atoms with Gasteiger partial charge in [0.15, 0.2) is 11.5 Å². The van der Waals surface area contributed by atoms with E-state index in [1.165, 1.54) is 12.3 Å². The lowest BCUT2D eigenvalue weighted by atomic mass is 10.2. The summed E-state index contributed by atoms with van der Waals surface area (Å²) in [5.41, 5.74) is 1.64. The molecule has 0 unspecified atom stereocenters. The molecule has 136 valence electrons. The first-order valence-corrected chi connectivity index (χ1v) is 8.33. The number of ether oxygens (including phenoxy) is 2. The fourth-order valence-electron chi connectivity index (χ4n) is 2.64. The van der Waals surface area contributed by atoms with Gasteiger partial charge in [0.2, 0.25) is 6.79 Å². The summed E-state index contributed by atoms with van der Waals surface area (Å²) in [6.07, 6.45) is 1.44. The summed E-state index contributed by atoms with van der Waals surface area (Å²) in [5.74, 6) is 1.20. The summed E-state index contributed by atoms with van der Waals surface area (Å²) in [5, 5.41) is 5.71. The average molecular weight is 365 g/mol. The predicted octanol–water partition coefficient (Wildman–Crippen LogP) is 3.62. The van der Waals surface area contributed by atoms with Crippen LogP contribution in [-0.2, 0) is 6.54 Å². The Morgan fingerprint density at radius 1 is 1.07 bits per heavy atom. The molecule has 1 aliphatic heterocycles. The van der Waals surface area contributed by atoms with Crippen molar-refractivity contribution in [2.45, 2.75) is 6.54 Å². The highest BCUT2D eigenvalue weighted by Gasteiger charge is 2.14. The molecule has 0 atom stereocenters. The van der Waals surface area contributed by atoms with Gasteiger partial charge in [-0.25, -0.2) is 9.37 Å². The number of hydrogen-bond donors (Lipinski definition) is 2. The van der Waals surface area contributed by atoms with Gasteiger partial charge in [0, 0.05) is 12.7 Å². The minimum Gasteiger partial charge on any atom is -0.454 e. The van der Waals surface area contributed by atoms with Crippen molar-refractivity contribution >= 4 is 17.4 Å². The van der Waals surface area contributed by atoms with Gasteiger partial charge >= 0.3 is 0 Å². The molecule has 1 amide bonds. The first-order chi connectivity index (χ1) is 13.2. The first-order valence-electron chi connectivity index (χ1n) is 8.33. The lowest BCUT2D eigenvalue weighted by Crippen LogP contribution is -2.22. The van der Waals surface area contributed by atoms with Crippen LogP contribution in [0.3, 0.4) is 0 Å². The van der Waals surface area contributed by atoms with Crippen LogP contribution in [-0.4, -0.2) is 17.7 Å². The molecular formula is C20H16FN3O3. The van der Waals surface area contributed by atoms with Crippen LogP contribution >= 0.6 is 0 Å². The Labute approximate surface area is 155 Å². The molecule has 1 aromatic heterocycles.